The van der Waals surface area contributed by atoms with Crippen LogP contribution in [0.1, 0.15) is 55.3 Å². The van der Waals surface area contributed by atoms with Crippen molar-refractivity contribution in [3.63, 3.8) is 0 Å². The Morgan fingerprint density at radius 2 is 1.93 bits per heavy atom. The first-order valence-electron chi connectivity index (χ1n) is 9.60. The van der Waals surface area contributed by atoms with Crippen LogP contribution >= 0.6 is 11.6 Å². The molecule has 7 nitrogen and oxygen atoms in total. The number of carbonyl (C=O) groups is 2. The predicted molar refractivity (Wildman–Crippen MR) is 110 cm³/mol. The van der Waals surface area contributed by atoms with Gasteiger partial charge in [0.2, 0.25) is 0 Å². The lowest BCUT2D eigenvalue weighted by Gasteiger charge is -2.24. The normalized spacial score (nSPS) is 16.9. The summed E-state index contributed by atoms with van der Waals surface area (Å²) in [4.78, 5) is 44.8. The van der Waals surface area contributed by atoms with Crippen LogP contribution in [0.2, 0.25) is 5.15 Å². The molecule has 3 aromatic rings. The van der Waals surface area contributed by atoms with E-state index < -0.39 is 6.04 Å². The van der Waals surface area contributed by atoms with Crippen LogP contribution < -0.4 is 4.90 Å². The van der Waals surface area contributed by atoms with E-state index in [-0.39, 0.29) is 29.7 Å². The molecule has 4 rings (SSSR count). The van der Waals surface area contributed by atoms with Gasteiger partial charge in [-0.25, -0.2) is 15.0 Å². The van der Waals surface area contributed by atoms with Crippen LogP contribution in [0.4, 0.5) is 5.82 Å². The third kappa shape index (κ3) is 3.58. The molecule has 0 bridgehead atoms. The fourth-order valence-electron chi connectivity index (χ4n) is 3.67. The van der Waals surface area contributed by atoms with Gasteiger partial charge in [0.1, 0.15) is 16.8 Å². The number of carbonyl (C=O) groups excluding carboxylic acids is 2. The van der Waals surface area contributed by atoms with Gasteiger partial charge in [-0.3, -0.25) is 19.5 Å². The van der Waals surface area contributed by atoms with Gasteiger partial charge in [-0.15, -0.1) is 0 Å². The maximum atomic E-state index is 13.1. The summed E-state index contributed by atoms with van der Waals surface area (Å²) in [5.74, 6) is 0.0961. The number of aromatic nitrogens is 4. The minimum Gasteiger partial charge on any atom is -0.299 e. The van der Waals surface area contributed by atoms with E-state index in [1.165, 1.54) is 17.3 Å². The molecule has 0 radical (unpaired) electrons. The summed E-state index contributed by atoms with van der Waals surface area (Å²) in [5.41, 5.74) is 1.20. The molecule has 8 heteroatoms. The number of nitrogens with zero attached hydrogens (tertiary/aromatic N) is 5. The topological polar surface area (TPSA) is 88.9 Å². The Hall–Kier alpha value is -2.93. The Labute approximate surface area is 173 Å². The van der Waals surface area contributed by atoms with Gasteiger partial charge in [0.15, 0.2) is 11.3 Å². The highest BCUT2D eigenvalue weighted by atomic mass is 35.5. The minimum atomic E-state index is -0.540. The van der Waals surface area contributed by atoms with E-state index in [0.29, 0.717) is 22.3 Å². The molecule has 148 valence electrons. The second kappa shape index (κ2) is 7.83. The number of anilines is 1. The van der Waals surface area contributed by atoms with Crippen molar-refractivity contribution in [2.75, 3.05) is 4.90 Å². The molecule has 4 heterocycles. The first kappa shape index (κ1) is 19.4. The highest BCUT2D eigenvalue weighted by Crippen LogP contribution is 2.38. The minimum absolute atomic E-state index is 0.0808. The SMILES string of the molecule is CCCC(C)C(=O)CC1c2nccnc2C(=O)N1c1ccc2ccc(Cl)nc2n1. The van der Waals surface area contributed by atoms with Crippen molar-refractivity contribution in [3.8, 4) is 0 Å². The van der Waals surface area contributed by atoms with Crippen LogP contribution in [0.3, 0.4) is 0 Å². The zero-order valence-corrected chi connectivity index (χ0v) is 16.9. The van der Waals surface area contributed by atoms with Gasteiger partial charge in [0.25, 0.3) is 5.91 Å². The standard InChI is InChI=1S/C21H20ClN5O2/c1-3-4-12(2)15(28)11-14-18-19(24-10-9-23-18)21(29)27(14)17-8-6-13-5-7-16(22)25-20(13)26-17/h5-10,12,14H,3-4,11H2,1-2H3. The Bertz CT molecular complexity index is 1100. The molecule has 0 aromatic carbocycles. The zero-order valence-electron chi connectivity index (χ0n) is 16.2. The molecule has 0 spiro atoms. The quantitative estimate of drug-likeness (QED) is 0.567. The van der Waals surface area contributed by atoms with Crippen molar-refractivity contribution in [1.29, 1.82) is 0 Å². The van der Waals surface area contributed by atoms with E-state index in [4.69, 9.17) is 11.6 Å². The van der Waals surface area contributed by atoms with Crippen LogP contribution in [0.25, 0.3) is 11.0 Å². The number of amides is 1. The molecule has 2 atom stereocenters. The molecule has 1 aliphatic heterocycles. The molecule has 0 saturated carbocycles. The summed E-state index contributed by atoms with van der Waals surface area (Å²) >= 11 is 6.00. The number of ketones is 1. The van der Waals surface area contributed by atoms with Gasteiger partial charge < -0.3 is 0 Å². The Balaban J connectivity index is 1.76. The maximum Gasteiger partial charge on any atom is 0.280 e. The highest BCUT2D eigenvalue weighted by molar-refractivity contribution is 6.29. The molecule has 0 N–H and O–H groups in total. The molecule has 1 amide bonds. The average molecular weight is 410 g/mol. The number of pyridine rings is 2. The first-order chi connectivity index (χ1) is 14.0. The van der Waals surface area contributed by atoms with Crippen LogP contribution in [-0.4, -0.2) is 31.6 Å². The summed E-state index contributed by atoms with van der Waals surface area (Å²) in [6.45, 7) is 3.97. The number of Topliss-reactive ketones (excluding diaryl/α,β-unsaturated/α-hetero) is 1. The molecular weight excluding hydrogens is 390 g/mol. The van der Waals surface area contributed by atoms with Gasteiger partial charge in [0, 0.05) is 30.1 Å². The average Bonchev–Trinajstić information content (AvgIpc) is 2.99. The van der Waals surface area contributed by atoms with Crippen LogP contribution in [0, 0.1) is 5.92 Å². The van der Waals surface area contributed by atoms with E-state index in [0.717, 1.165) is 18.2 Å². The predicted octanol–water partition coefficient (Wildman–Crippen LogP) is 4.17. The number of halogens is 1. The van der Waals surface area contributed by atoms with Gasteiger partial charge in [0.05, 0.1) is 11.7 Å². The summed E-state index contributed by atoms with van der Waals surface area (Å²) in [6.07, 6.45) is 4.92. The van der Waals surface area contributed by atoms with Crippen molar-refractivity contribution in [2.24, 2.45) is 5.92 Å². The highest BCUT2D eigenvalue weighted by Gasteiger charge is 2.42. The van der Waals surface area contributed by atoms with Gasteiger partial charge in [-0.2, -0.15) is 0 Å². The molecule has 0 aliphatic carbocycles. The molecular formula is C21H20ClN5O2. The Kier molecular flexibility index (Phi) is 5.24. The summed E-state index contributed by atoms with van der Waals surface area (Å²) < 4.78 is 0. The van der Waals surface area contributed by atoms with E-state index in [1.807, 2.05) is 26.0 Å². The second-order valence-electron chi connectivity index (χ2n) is 7.19. The van der Waals surface area contributed by atoms with Crippen molar-refractivity contribution < 1.29 is 9.59 Å². The molecule has 1 aliphatic rings. The molecule has 3 aromatic heterocycles. The van der Waals surface area contributed by atoms with Gasteiger partial charge in [-0.05, 0) is 30.7 Å². The lowest BCUT2D eigenvalue weighted by atomic mass is 9.95. The first-order valence-corrected chi connectivity index (χ1v) is 9.98. The number of rotatable bonds is 6. The van der Waals surface area contributed by atoms with Crippen LogP contribution in [-0.2, 0) is 4.79 Å². The third-order valence-corrected chi connectivity index (χ3v) is 5.40. The zero-order chi connectivity index (χ0) is 20.5. The van der Waals surface area contributed by atoms with Crippen LogP contribution in [0.15, 0.2) is 36.7 Å². The van der Waals surface area contributed by atoms with E-state index in [1.54, 1.807) is 12.1 Å². The summed E-state index contributed by atoms with van der Waals surface area (Å²) in [7, 11) is 0. The molecule has 0 fully saturated rings. The van der Waals surface area contributed by atoms with E-state index in [9.17, 15) is 9.59 Å². The lowest BCUT2D eigenvalue weighted by molar-refractivity contribution is -0.122. The fraction of sp³-hybridized carbons (Fsp3) is 0.333. The largest absolute Gasteiger partial charge is 0.299 e. The monoisotopic (exact) mass is 409 g/mol. The number of hydrogen-bond donors (Lipinski definition) is 0. The molecule has 2 unspecified atom stereocenters. The van der Waals surface area contributed by atoms with E-state index >= 15 is 0 Å². The summed E-state index contributed by atoms with van der Waals surface area (Å²) in [5, 5.41) is 1.13. The lowest BCUT2D eigenvalue weighted by Crippen LogP contribution is -2.31. The Morgan fingerprint density at radius 1 is 1.17 bits per heavy atom. The van der Waals surface area contributed by atoms with Crippen molar-refractivity contribution >= 4 is 40.1 Å². The van der Waals surface area contributed by atoms with Crippen molar-refractivity contribution in [1.82, 2.24) is 19.9 Å². The van der Waals surface area contributed by atoms with E-state index in [2.05, 4.69) is 19.9 Å². The third-order valence-electron chi connectivity index (χ3n) is 5.19. The fourth-order valence-corrected chi connectivity index (χ4v) is 3.82. The second-order valence-corrected chi connectivity index (χ2v) is 7.58. The van der Waals surface area contributed by atoms with Crippen molar-refractivity contribution in [3.05, 3.63) is 53.2 Å². The molecule has 0 saturated heterocycles. The number of hydrogen-bond acceptors (Lipinski definition) is 6. The Morgan fingerprint density at radius 3 is 2.72 bits per heavy atom. The number of fused-ring (bicyclic) bond motifs is 2. The smallest absolute Gasteiger partial charge is 0.280 e. The van der Waals surface area contributed by atoms with Crippen molar-refractivity contribution in [2.45, 2.75) is 39.2 Å². The maximum absolute atomic E-state index is 13.1. The van der Waals surface area contributed by atoms with Gasteiger partial charge in [-0.1, -0.05) is 31.9 Å². The summed E-state index contributed by atoms with van der Waals surface area (Å²) in [6, 6.07) is 6.54. The molecule has 29 heavy (non-hydrogen) atoms. The van der Waals surface area contributed by atoms with Gasteiger partial charge >= 0.3 is 0 Å². The van der Waals surface area contributed by atoms with Crippen LogP contribution in [0.5, 0.6) is 0 Å².